The van der Waals surface area contributed by atoms with Crippen LogP contribution in [0.15, 0.2) is 34.1 Å². The second kappa shape index (κ2) is 6.72. The van der Waals surface area contributed by atoms with Gasteiger partial charge in [-0.15, -0.1) is 0 Å². The highest BCUT2D eigenvalue weighted by Gasteiger charge is 2.36. The molecule has 0 aliphatic carbocycles. The maximum absolute atomic E-state index is 13.0. The molecule has 0 spiro atoms. The predicted octanol–water partition coefficient (Wildman–Crippen LogP) is 0.583. The number of hydrogen-bond acceptors (Lipinski definition) is 5. The van der Waals surface area contributed by atoms with Gasteiger partial charge >= 0.3 is 0 Å². The molecule has 0 radical (unpaired) electrons. The first-order chi connectivity index (χ1) is 11.3. The highest BCUT2D eigenvalue weighted by molar-refractivity contribution is 7.92. The van der Waals surface area contributed by atoms with Crippen LogP contribution < -0.4 is 5.73 Å². The van der Waals surface area contributed by atoms with Crippen molar-refractivity contribution in [3.8, 4) is 0 Å². The molecule has 1 aromatic rings. The summed E-state index contributed by atoms with van der Waals surface area (Å²) in [5, 5.41) is 0. The van der Waals surface area contributed by atoms with Gasteiger partial charge in [0.25, 0.3) is 0 Å². The molecule has 0 atom stereocenters. The third kappa shape index (κ3) is 3.23. The van der Waals surface area contributed by atoms with Gasteiger partial charge < -0.3 is 5.73 Å². The van der Waals surface area contributed by atoms with Crippen molar-refractivity contribution in [2.75, 3.05) is 26.2 Å². The third-order valence-electron chi connectivity index (χ3n) is 4.65. The van der Waals surface area contributed by atoms with Gasteiger partial charge in [-0.2, -0.15) is 8.61 Å². The summed E-state index contributed by atoms with van der Waals surface area (Å²) in [6.45, 7) is 1.52. The van der Waals surface area contributed by atoms with Crippen LogP contribution in [-0.2, 0) is 20.0 Å². The zero-order valence-electron chi connectivity index (χ0n) is 13.5. The maximum atomic E-state index is 13.0. The average Bonchev–Trinajstić information content (AvgIpc) is 3.10. The Morgan fingerprint density at radius 3 is 1.67 bits per heavy atom. The van der Waals surface area contributed by atoms with Crippen molar-refractivity contribution >= 4 is 20.0 Å². The second-order valence-electron chi connectivity index (χ2n) is 6.30. The highest BCUT2D eigenvalue weighted by Crippen LogP contribution is 2.29. The first-order valence-corrected chi connectivity index (χ1v) is 11.1. The van der Waals surface area contributed by atoms with E-state index in [-0.39, 0.29) is 15.8 Å². The lowest BCUT2D eigenvalue weighted by molar-refractivity contribution is 0.319. The molecule has 24 heavy (non-hydrogen) atoms. The molecule has 1 aromatic carbocycles. The van der Waals surface area contributed by atoms with E-state index < -0.39 is 20.0 Å². The SMILES string of the molecule is NC1CCN(S(=O)(=O)c2ccccc2S(=O)(=O)N2CCCC2)CC1. The van der Waals surface area contributed by atoms with Crippen molar-refractivity contribution in [2.24, 2.45) is 5.73 Å². The van der Waals surface area contributed by atoms with Crippen molar-refractivity contribution in [3.63, 3.8) is 0 Å². The monoisotopic (exact) mass is 373 g/mol. The molecule has 0 unspecified atom stereocenters. The quantitative estimate of drug-likeness (QED) is 0.832. The molecule has 2 saturated heterocycles. The summed E-state index contributed by atoms with van der Waals surface area (Å²) in [5.41, 5.74) is 5.84. The number of benzene rings is 1. The van der Waals surface area contributed by atoms with Gasteiger partial charge in [-0.3, -0.25) is 0 Å². The topological polar surface area (TPSA) is 101 Å². The molecule has 3 rings (SSSR count). The van der Waals surface area contributed by atoms with E-state index in [0.29, 0.717) is 39.0 Å². The van der Waals surface area contributed by atoms with E-state index in [1.165, 1.54) is 20.7 Å². The molecule has 9 heteroatoms. The molecular formula is C15H23N3O4S2. The maximum Gasteiger partial charge on any atom is 0.244 e. The number of rotatable bonds is 4. The Kier molecular flexibility index (Phi) is 4.99. The van der Waals surface area contributed by atoms with Crippen LogP contribution >= 0.6 is 0 Å². The lowest BCUT2D eigenvalue weighted by atomic mass is 10.1. The lowest BCUT2D eigenvalue weighted by Gasteiger charge is -2.30. The molecule has 134 valence electrons. The fourth-order valence-electron chi connectivity index (χ4n) is 3.20. The average molecular weight is 374 g/mol. The molecule has 7 nitrogen and oxygen atoms in total. The van der Waals surface area contributed by atoms with Crippen molar-refractivity contribution < 1.29 is 16.8 Å². The molecule has 0 amide bonds. The predicted molar refractivity (Wildman–Crippen MR) is 90.4 cm³/mol. The highest BCUT2D eigenvalue weighted by atomic mass is 32.2. The van der Waals surface area contributed by atoms with E-state index in [0.717, 1.165) is 12.8 Å². The molecular weight excluding hydrogens is 350 g/mol. The van der Waals surface area contributed by atoms with Crippen LogP contribution in [0.1, 0.15) is 25.7 Å². The summed E-state index contributed by atoms with van der Waals surface area (Å²) >= 11 is 0. The van der Waals surface area contributed by atoms with Crippen molar-refractivity contribution in [1.82, 2.24) is 8.61 Å². The van der Waals surface area contributed by atoms with Gasteiger partial charge in [-0.1, -0.05) is 12.1 Å². The van der Waals surface area contributed by atoms with Crippen molar-refractivity contribution in [1.29, 1.82) is 0 Å². The number of sulfonamides is 2. The van der Waals surface area contributed by atoms with E-state index in [2.05, 4.69) is 0 Å². The molecule has 2 heterocycles. The van der Waals surface area contributed by atoms with Crippen LogP contribution in [0.3, 0.4) is 0 Å². The standard InChI is InChI=1S/C15H23N3O4S2/c16-13-7-11-18(12-8-13)24(21,22)15-6-2-1-5-14(15)23(19,20)17-9-3-4-10-17/h1-2,5-6,13H,3-4,7-12,16H2. The minimum atomic E-state index is -3.86. The number of hydrogen-bond donors (Lipinski definition) is 1. The molecule has 0 bridgehead atoms. The summed E-state index contributed by atoms with van der Waals surface area (Å²) in [4.78, 5) is -0.255. The van der Waals surface area contributed by atoms with E-state index in [1.807, 2.05) is 0 Å². The van der Waals surface area contributed by atoms with Gasteiger partial charge in [0, 0.05) is 32.2 Å². The van der Waals surface area contributed by atoms with Crippen LogP contribution in [0.4, 0.5) is 0 Å². The number of piperidine rings is 1. The summed E-state index contributed by atoms with van der Waals surface area (Å²) in [6.07, 6.45) is 2.77. The summed E-state index contributed by atoms with van der Waals surface area (Å²) in [7, 11) is -7.66. The van der Waals surface area contributed by atoms with Crippen LogP contribution in [0.5, 0.6) is 0 Å². The Bertz CT molecular complexity index is 794. The Morgan fingerprint density at radius 2 is 1.21 bits per heavy atom. The smallest absolute Gasteiger partial charge is 0.244 e. The van der Waals surface area contributed by atoms with Crippen LogP contribution in [0.2, 0.25) is 0 Å². The minimum absolute atomic E-state index is 0.0000244. The van der Waals surface area contributed by atoms with Crippen molar-refractivity contribution in [2.45, 2.75) is 41.5 Å². The van der Waals surface area contributed by atoms with Crippen molar-refractivity contribution in [3.05, 3.63) is 24.3 Å². The zero-order valence-corrected chi connectivity index (χ0v) is 15.1. The largest absolute Gasteiger partial charge is 0.328 e. The Labute approximate surface area is 143 Å². The second-order valence-corrected chi connectivity index (χ2v) is 10.1. The number of nitrogens with two attached hydrogens (primary N) is 1. The summed E-state index contributed by atoms with van der Waals surface area (Å²) in [6, 6.07) is 5.89. The molecule has 2 aliphatic heterocycles. The van der Waals surface area contributed by atoms with Gasteiger partial charge in [0.1, 0.15) is 9.79 Å². The van der Waals surface area contributed by atoms with E-state index >= 15 is 0 Å². The lowest BCUT2D eigenvalue weighted by Crippen LogP contribution is -2.43. The van der Waals surface area contributed by atoms with Gasteiger partial charge in [0.2, 0.25) is 20.0 Å². The first-order valence-electron chi connectivity index (χ1n) is 8.18. The van der Waals surface area contributed by atoms with E-state index in [4.69, 9.17) is 5.73 Å². The van der Waals surface area contributed by atoms with Gasteiger partial charge in [0.05, 0.1) is 0 Å². The van der Waals surface area contributed by atoms with Gasteiger partial charge in [-0.05, 0) is 37.8 Å². The molecule has 2 aliphatic rings. The normalized spacial score (nSPS) is 22.0. The van der Waals surface area contributed by atoms with Crippen LogP contribution in [0, 0.1) is 0 Å². The summed E-state index contributed by atoms with van der Waals surface area (Å²) in [5.74, 6) is 0. The molecule has 2 N–H and O–H groups in total. The summed E-state index contributed by atoms with van der Waals surface area (Å²) < 4.78 is 54.4. The van der Waals surface area contributed by atoms with E-state index in [1.54, 1.807) is 12.1 Å². The van der Waals surface area contributed by atoms with Gasteiger partial charge in [-0.25, -0.2) is 16.8 Å². The fourth-order valence-corrected chi connectivity index (χ4v) is 6.96. The molecule has 0 aromatic heterocycles. The van der Waals surface area contributed by atoms with E-state index in [9.17, 15) is 16.8 Å². The van der Waals surface area contributed by atoms with Gasteiger partial charge in [0.15, 0.2) is 0 Å². The minimum Gasteiger partial charge on any atom is -0.328 e. The zero-order chi connectivity index (χ0) is 17.4. The van der Waals surface area contributed by atoms with Crippen LogP contribution in [-0.4, -0.2) is 57.7 Å². The molecule has 0 saturated carbocycles. The Morgan fingerprint density at radius 1 is 0.792 bits per heavy atom. The first kappa shape index (κ1) is 17.8. The Hall–Kier alpha value is -1.00. The number of nitrogens with zero attached hydrogens (tertiary/aromatic N) is 2. The fraction of sp³-hybridized carbons (Fsp3) is 0.600. The van der Waals surface area contributed by atoms with Crippen LogP contribution in [0.25, 0.3) is 0 Å². The molecule has 2 fully saturated rings. The third-order valence-corrected chi connectivity index (χ3v) is 8.69. The Balaban J connectivity index is 2.00.